The van der Waals surface area contributed by atoms with Gasteiger partial charge < -0.3 is 0 Å². The number of piperidine rings is 1. The molecule has 110 valence electrons. The molecule has 0 spiro atoms. The van der Waals surface area contributed by atoms with Crippen LogP contribution in [0.25, 0.3) is 0 Å². The van der Waals surface area contributed by atoms with Gasteiger partial charge in [-0.15, -0.1) is 0 Å². The van der Waals surface area contributed by atoms with E-state index in [0.717, 1.165) is 31.5 Å². The summed E-state index contributed by atoms with van der Waals surface area (Å²) in [4.78, 5) is 10.6. The minimum Gasteiger partial charge on any atom is -0.258 e. The Balaban J connectivity index is 2.10. The van der Waals surface area contributed by atoms with Gasteiger partial charge in [0.05, 0.1) is 4.92 Å². The lowest BCUT2D eigenvalue weighted by Gasteiger charge is -2.32. The fourth-order valence-electron chi connectivity index (χ4n) is 2.69. The molecule has 0 aromatic heterocycles. The highest BCUT2D eigenvalue weighted by Gasteiger charge is 2.18. The van der Waals surface area contributed by atoms with Gasteiger partial charge in [-0.1, -0.05) is 31.9 Å². The van der Waals surface area contributed by atoms with Gasteiger partial charge in [-0.2, -0.15) is 0 Å². The normalized spacial score (nSPS) is 17.9. The number of benzene rings is 1. The summed E-state index contributed by atoms with van der Waals surface area (Å²) in [7, 11) is 0. The topological polar surface area (TPSA) is 58.4 Å². The van der Waals surface area contributed by atoms with Crippen molar-refractivity contribution in [2.75, 3.05) is 13.1 Å². The van der Waals surface area contributed by atoms with Crippen LogP contribution >= 0.6 is 0 Å². The lowest BCUT2D eigenvalue weighted by Crippen LogP contribution is -2.43. The zero-order valence-electron chi connectivity index (χ0n) is 12.0. The van der Waals surface area contributed by atoms with Gasteiger partial charge in [0.2, 0.25) is 0 Å². The highest BCUT2D eigenvalue weighted by atomic mass is 16.6. The van der Waals surface area contributed by atoms with Crippen LogP contribution in [0.1, 0.15) is 50.6 Å². The molecular formula is C15H23N3O2. The number of nitro groups is 1. The van der Waals surface area contributed by atoms with Crippen LogP contribution in [0.2, 0.25) is 0 Å². The summed E-state index contributed by atoms with van der Waals surface area (Å²) in [5.41, 5.74) is 4.73. The number of hydrogen-bond donors (Lipinski definition) is 1. The third kappa shape index (κ3) is 4.02. The Hall–Kier alpha value is -1.46. The molecule has 20 heavy (non-hydrogen) atoms. The molecule has 1 saturated heterocycles. The SMILES string of the molecule is CCCC(NN1CCCCC1)c1cccc([N+](=O)[O-])c1. The summed E-state index contributed by atoms with van der Waals surface area (Å²) < 4.78 is 0. The van der Waals surface area contributed by atoms with Gasteiger partial charge in [0.1, 0.15) is 0 Å². The first-order valence-electron chi connectivity index (χ1n) is 7.46. The van der Waals surface area contributed by atoms with E-state index >= 15 is 0 Å². The van der Waals surface area contributed by atoms with E-state index in [2.05, 4.69) is 17.4 Å². The van der Waals surface area contributed by atoms with Crippen LogP contribution in [0.4, 0.5) is 5.69 Å². The third-order valence-corrected chi connectivity index (χ3v) is 3.76. The van der Waals surface area contributed by atoms with Crippen LogP contribution < -0.4 is 5.43 Å². The predicted octanol–water partition coefficient (Wildman–Crippen LogP) is 3.43. The first-order chi connectivity index (χ1) is 9.70. The molecule has 2 rings (SSSR count). The van der Waals surface area contributed by atoms with Gasteiger partial charge in [0.15, 0.2) is 0 Å². The number of hydrogen-bond acceptors (Lipinski definition) is 4. The predicted molar refractivity (Wildman–Crippen MR) is 79.3 cm³/mol. The molecule has 1 N–H and O–H groups in total. The first kappa shape index (κ1) is 14.9. The van der Waals surface area contributed by atoms with Gasteiger partial charge in [-0.05, 0) is 24.8 Å². The maximum absolute atomic E-state index is 10.9. The Morgan fingerprint density at radius 2 is 2.10 bits per heavy atom. The van der Waals surface area contributed by atoms with Gasteiger partial charge in [-0.25, -0.2) is 10.4 Å². The van der Waals surface area contributed by atoms with Crippen molar-refractivity contribution in [3.05, 3.63) is 39.9 Å². The molecule has 0 bridgehead atoms. The van der Waals surface area contributed by atoms with E-state index in [1.54, 1.807) is 18.2 Å². The Kier molecular flexibility index (Phi) is 5.49. The molecule has 0 saturated carbocycles. The number of rotatable bonds is 6. The van der Waals surface area contributed by atoms with Gasteiger partial charge >= 0.3 is 0 Å². The van der Waals surface area contributed by atoms with E-state index in [4.69, 9.17) is 0 Å². The molecule has 5 nitrogen and oxygen atoms in total. The summed E-state index contributed by atoms with van der Waals surface area (Å²) in [6, 6.07) is 7.15. The van der Waals surface area contributed by atoms with E-state index in [1.807, 2.05) is 6.07 Å². The monoisotopic (exact) mass is 277 g/mol. The lowest BCUT2D eigenvalue weighted by molar-refractivity contribution is -0.384. The smallest absolute Gasteiger partial charge is 0.258 e. The molecule has 0 aliphatic carbocycles. The van der Waals surface area contributed by atoms with E-state index in [9.17, 15) is 10.1 Å². The zero-order valence-corrected chi connectivity index (χ0v) is 12.0. The van der Waals surface area contributed by atoms with Crippen LogP contribution in [0.15, 0.2) is 24.3 Å². The molecule has 1 aromatic rings. The van der Waals surface area contributed by atoms with Crippen LogP contribution in [0.5, 0.6) is 0 Å². The standard InChI is InChI=1S/C15H23N3O2/c1-2-7-15(16-17-10-4-3-5-11-17)13-8-6-9-14(12-13)18(19)20/h6,8-9,12,15-16H,2-5,7,10-11H2,1H3. The van der Waals surface area contributed by atoms with Crippen LogP contribution in [0.3, 0.4) is 0 Å². The Morgan fingerprint density at radius 1 is 1.35 bits per heavy atom. The van der Waals surface area contributed by atoms with Crippen molar-refractivity contribution in [1.82, 2.24) is 10.4 Å². The van der Waals surface area contributed by atoms with E-state index in [-0.39, 0.29) is 16.7 Å². The van der Waals surface area contributed by atoms with Crippen LogP contribution in [-0.2, 0) is 0 Å². The molecule has 5 heteroatoms. The number of nitrogens with zero attached hydrogens (tertiary/aromatic N) is 2. The Bertz CT molecular complexity index is 444. The molecule has 1 fully saturated rings. The molecule has 1 heterocycles. The summed E-state index contributed by atoms with van der Waals surface area (Å²) in [6.07, 6.45) is 5.78. The van der Waals surface area contributed by atoms with Gasteiger partial charge in [-0.3, -0.25) is 10.1 Å². The molecule has 1 unspecified atom stereocenters. The average molecular weight is 277 g/mol. The summed E-state index contributed by atoms with van der Waals surface area (Å²) in [6.45, 7) is 4.27. The first-order valence-corrected chi connectivity index (χ1v) is 7.46. The van der Waals surface area contributed by atoms with Crippen molar-refractivity contribution in [3.8, 4) is 0 Å². The van der Waals surface area contributed by atoms with Gasteiger partial charge in [0, 0.05) is 31.3 Å². The maximum atomic E-state index is 10.9. The largest absolute Gasteiger partial charge is 0.269 e. The Labute approximate surface area is 120 Å². The summed E-state index contributed by atoms with van der Waals surface area (Å²) in [5.74, 6) is 0. The maximum Gasteiger partial charge on any atom is 0.269 e. The summed E-state index contributed by atoms with van der Waals surface area (Å²) in [5, 5.41) is 13.2. The minimum absolute atomic E-state index is 0.165. The highest BCUT2D eigenvalue weighted by molar-refractivity contribution is 5.35. The van der Waals surface area contributed by atoms with Gasteiger partial charge in [0.25, 0.3) is 5.69 Å². The summed E-state index contributed by atoms with van der Waals surface area (Å²) >= 11 is 0. The number of nitro benzene ring substituents is 1. The molecule has 1 aromatic carbocycles. The average Bonchev–Trinajstić information content (AvgIpc) is 2.48. The van der Waals surface area contributed by atoms with Crippen LogP contribution in [0, 0.1) is 10.1 Å². The minimum atomic E-state index is -0.326. The quantitative estimate of drug-likeness (QED) is 0.639. The second-order valence-corrected chi connectivity index (χ2v) is 5.37. The van der Waals surface area contributed by atoms with E-state index < -0.39 is 0 Å². The third-order valence-electron chi connectivity index (χ3n) is 3.76. The molecule has 1 atom stereocenters. The number of nitrogens with one attached hydrogen (secondary N) is 1. The second kappa shape index (κ2) is 7.36. The zero-order chi connectivity index (χ0) is 14.4. The highest BCUT2D eigenvalue weighted by Crippen LogP contribution is 2.23. The molecular weight excluding hydrogens is 254 g/mol. The van der Waals surface area contributed by atoms with Crippen molar-refractivity contribution < 1.29 is 4.92 Å². The molecule has 0 radical (unpaired) electrons. The van der Waals surface area contributed by atoms with Crippen molar-refractivity contribution in [2.24, 2.45) is 0 Å². The molecule has 1 aliphatic heterocycles. The number of hydrazine groups is 1. The lowest BCUT2D eigenvalue weighted by atomic mass is 10.0. The van der Waals surface area contributed by atoms with E-state index in [0.29, 0.717) is 0 Å². The van der Waals surface area contributed by atoms with Crippen molar-refractivity contribution >= 4 is 5.69 Å². The second-order valence-electron chi connectivity index (χ2n) is 5.37. The number of non-ortho nitro benzene ring substituents is 1. The van der Waals surface area contributed by atoms with Crippen LogP contribution in [-0.4, -0.2) is 23.0 Å². The van der Waals surface area contributed by atoms with Crippen molar-refractivity contribution in [1.29, 1.82) is 0 Å². The van der Waals surface area contributed by atoms with Crippen molar-refractivity contribution in [3.63, 3.8) is 0 Å². The molecule has 0 amide bonds. The fourth-order valence-corrected chi connectivity index (χ4v) is 2.69. The Morgan fingerprint density at radius 3 is 2.75 bits per heavy atom. The van der Waals surface area contributed by atoms with Crippen molar-refractivity contribution in [2.45, 2.75) is 45.1 Å². The molecule has 1 aliphatic rings. The van der Waals surface area contributed by atoms with E-state index in [1.165, 1.54) is 19.3 Å². The fraction of sp³-hybridized carbons (Fsp3) is 0.600.